The summed E-state index contributed by atoms with van der Waals surface area (Å²) in [5.41, 5.74) is 0.0648. The van der Waals surface area contributed by atoms with E-state index in [1.54, 1.807) is 0 Å². The van der Waals surface area contributed by atoms with E-state index in [0.717, 1.165) is 6.42 Å². The molecule has 1 aliphatic carbocycles. The minimum atomic E-state index is -0.251. The van der Waals surface area contributed by atoms with Crippen LogP contribution in [0.25, 0.3) is 0 Å². The van der Waals surface area contributed by atoms with E-state index in [2.05, 4.69) is 12.2 Å². The van der Waals surface area contributed by atoms with E-state index in [1.807, 2.05) is 0 Å². The first-order valence-electron chi connectivity index (χ1n) is 3.66. The molecule has 3 heteroatoms. The van der Waals surface area contributed by atoms with Gasteiger partial charge < -0.3 is 10.1 Å². The SMILES string of the molecule is CC12CCC1COC(=O)N2. The Bertz CT molecular complexity index is 180. The lowest BCUT2D eigenvalue weighted by molar-refractivity contribution is -0.00852. The summed E-state index contributed by atoms with van der Waals surface area (Å²) in [6.45, 7) is 2.70. The Labute approximate surface area is 59.7 Å². The summed E-state index contributed by atoms with van der Waals surface area (Å²) in [5, 5.41) is 2.83. The van der Waals surface area contributed by atoms with Crippen molar-refractivity contribution >= 4 is 6.09 Å². The molecule has 1 amide bonds. The quantitative estimate of drug-likeness (QED) is 0.544. The number of hydrogen-bond donors (Lipinski definition) is 1. The zero-order valence-corrected chi connectivity index (χ0v) is 6.02. The number of hydrogen-bond acceptors (Lipinski definition) is 2. The normalized spacial score (nSPS) is 44.5. The Morgan fingerprint density at radius 3 is 3.00 bits per heavy atom. The fraction of sp³-hybridized carbons (Fsp3) is 0.857. The molecular weight excluding hydrogens is 130 g/mol. The zero-order chi connectivity index (χ0) is 7.19. The minimum Gasteiger partial charge on any atom is -0.449 e. The average Bonchev–Trinajstić information content (AvgIpc) is 1.83. The molecule has 1 heterocycles. The van der Waals surface area contributed by atoms with E-state index in [1.165, 1.54) is 6.42 Å². The fourth-order valence-electron chi connectivity index (χ4n) is 1.66. The number of cyclic esters (lactones) is 1. The summed E-state index contributed by atoms with van der Waals surface area (Å²) in [6.07, 6.45) is 2.04. The second-order valence-corrected chi connectivity index (χ2v) is 3.38. The standard InChI is InChI=1S/C7H11NO2/c1-7-3-2-5(7)4-10-6(9)8-7/h5H,2-4H2,1H3,(H,8,9). The van der Waals surface area contributed by atoms with Gasteiger partial charge in [-0.15, -0.1) is 0 Å². The van der Waals surface area contributed by atoms with Gasteiger partial charge in [0.1, 0.15) is 0 Å². The predicted molar refractivity (Wildman–Crippen MR) is 35.6 cm³/mol. The summed E-state index contributed by atoms with van der Waals surface area (Å²) < 4.78 is 4.83. The third-order valence-corrected chi connectivity index (χ3v) is 2.72. The molecule has 1 saturated heterocycles. The first kappa shape index (κ1) is 6.01. The van der Waals surface area contributed by atoms with Gasteiger partial charge in [-0.1, -0.05) is 0 Å². The summed E-state index contributed by atoms with van der Waals surface area (Å²) in [7, 11) is 0. The van der Waals surface area contributed by atoms with Crippen molar-refractivity contribution in [3.8, 4) is 0 Å². The Morgan fingerprint density at radius 1 is 1.80 bits per heavy atom. The molecule has 1 aliphatic heterocycles. The average molecular weight is 141 g/mol. The smallest absolute Gasteiger partial charge is 0.407 e. The summed E-state index contributed by atoms with van der Waals surface area (Å²) in [5.74, 6) is 0.560. The lowest BCUT2D eigenvalue weighted by Gasteiger charge is -2.49. The van der Waals surface area contributed by atoms with Gasteiger partial charge >= 0.3 is 6.09 Å². The van der Waals surface area contributed by atoms with Crippen LogP contribution in [0.15, 0.2) is 0 Å². The molecule has 2 fully saturated rings. The van der Waals surface area contributed by atoms with Crippen molar-refractivity contribution in [2.24, 2.45) is 5.92 Å². The molecular formula is C7H11NO2. The van der Waals surface area contributed by atoms with Crippen molar-refractivity contribution in [2.45, 2.75) is 25.3 Å². The third kappa shape index (κ3) is 0.632. The Morgan fingerprint density at radius 2 is 2.60 bits per heavy atom. The summed E-state index contributed by atoms with van der Waals surface area (Å²) >= 11 is 0. The maximum absolute atomic E-state index is 10.7. The van der Waals surface area contributed by atoms with Crippen LogP contribution >= 0.6 is 0 Å². The van der Waals surface area contributed by atoms with Gasteiger partial charge in [0.15, 0.2) is 0 Å². The van der Waals surface area contributed by atoms with Crippen LogP contribution in [0.5, 0.6) is 0 Å². The molecule has 0 bridgehead atoms. The van der Waals surface area contributed by atoms with E-state index in [0.29, 0.717) is 12.5 Å². The zero-order valence-electron chi connectivity index (χ0n) is 6.02. The van der Waals surface area contributed by atoms with Crippen LogP contribution in [-0.2, 0) is 4.74 Å². The number of carbonyl (C=O) groups is 1. The highest BCUT2D eigenvalue weighted by Gasteiger charge is 2.47. The fourth-order valence-corrected chi connectivity index (χ4v) is 1.66. The number of rotatable bonds is 0. The van der Waals surface area contributed by atoms with Crippen LogP contribution < -0.4 is 5.32 Å². The molecule has 1 N–H and O–H groups in total. The third-order valence-electron chi connectivity index (χ3n) is 2.72. The van der Waals surface area contributed by atoms with Crippen LogP contribution in [0, 0.1) is 5.92 Å². The van der Waals surface area contributed by atoms with Crippen molar-refractivity contribution in [3.63, 3.8) is 0 Å². The van der Waals surface area contributed by atoms with Gasteiger partial charge in [-0.05, 0) is 19.8 Å². The van der Waals surface area contributed by atoms with E-state index in [-0.39, 0.29) is 11.6 Å². The molecule has 0 aromatic heterocycles. The second kappa shape index (κ2) is 1.65. The van der Waals surface area contributed by atoms with Crippen molar-refractivity contribution in [2.75, 3.05) is 6.61 Å². The molecule has 3 nitrogen and oxygen atoms in total. The van der Waals surface area contributed by atoms with E-state index in [9.17, 15) is 4.79 Å². The maximum atomic E-state index is 10.7. The van der Waals surface area contributed by atoms with E-state index < -0.39 is 0 Å². The van der Waals surface area contributed by atoms with Gasteiger partial charge in [0, 0.05) is 11.5 Å². The molecule has 10 heavy (non-hydrogen) atoms. The molecule has 56 valence electrons. The van der Waals surface area contributed by atoms with Gasteiger partial charge in [-0.25, -0.2) is 4.79 Å². The first-order valence-corrected chi connectivity index (χ1v) is 3.66. The largest absolute Gasteiger partial charge is 0.449 e. The molecule has 1 saturated carbocycles. The molecule has 2 unspecified atom stereocenters. The number of ether oxygens (including phenoxy) is 1. The van der Waals surface area contributed by atoms with Crippen LogP contribution in [0.3, 0.4) is 0 Å². The van der Waals surface area contributed by atoms with Gasteiger partial charge in [-0.3, -0.25) is 0 Å². The van der Waals surface area contributed by atoms with E-state index in [4.69, 9.17) is 4.74 Å². The molecule has 0 aromatic rings. The highest BCUT2D eigenvalue weighted by atomic mass is 16.6. The van der Waals surface area contributed by atoms with Crippen LogP contribution in [-0.4, -0.2) is 18.2 Å². The van der Waals surface area contributed by atoms with Crippen molar-refractivity contribution in [3.05, 3.63) is 0 Å². The van der Waals surface area contributed by atoms with Crippen LogP contribution in [0.4, 0.5) is 4.79 Å². The highest BCUT2D eigenvalue weighted by molar-refractivity contribution is 5.69. The van der Waals surface area contributed by atoms with Crippen molar-refractivity contribution < 1.29 is 9.53 Å². The molecule has 2 rings (SSSR count). The van der Waals surface area contributed by atoms with Gasteiger partial charge in [0.05, 0.1) is 6.61 Å². The van der Waals surface area contributed by atoms with Gasteiger partial charge in [-0.2, -0.15) is 0 Å². The number of nitrogens with one attached hydrogen (secondary N) is 1. The van der Waals surface area contributed by atoms with Crippen LogP contribution in [0.2, 0.25) is 0 Å². The Hall–Kier alpha value is -0.730. The highest BCUT2D eigenvalue weighted by Crippen LogP contribution is 2.40. The lowest BCUT2D eigenvalue weighted by atomic mass is 9.68. The summed E-state index contributed by atoms with van der Waals surface area (Å²) in [4.78, 5) is 10.7. The van der Waals surface area contributed by atoms with Crippen molar-refractivity contribution in [1.29, 1.82) is 0 Å². The second-order valence-electron chi connectivity index (χ2n) is 3.38. The monoisotopic (exact) mass is 141 g/mol. The van der Waals surface area contributed by atoms with Crippen LogP contribution in [0.1, 0.15) is 19.8 Å². The first-order chi connectivity index (χ1) is 4.71. The summed E-state index contributed by atoms with van der Waals surface area (Å²) in [6, 6.07) is 0. The van der Waals surface area contributed by atoms with Gasteiger partial charge in [0.25, 0.3) is 0 Å². The predicted octanol–water partition coefficient (Wildman–Crippen LogP) is 0.895. The molecule has 0 aromatic carbocycles. The number of amides is 1. The maximum Gasteiger partial charge on any atom is 0.407 e. The molecule has 2 atom stereocenters. The molecule has 2 aliphatic rings. The topological polar surface area (TPSA) is 38.3 Å². The number of alkyl carbamates (subject to hydrolysis) is 1. The lowest BCUT2D eigenvalue weighted by Crippen LogP contribution is -2.63. The minimum absolute atomic E-state index is 0.0648. The van der Waals surface area contributed by atoms with E-state index >= 15 is 0 Å². The van der Waals surface area contributed by atoms with Crippen molar-refractivity contribution in [1.82, 2.24) is 5.32 Å². The number of carbonyl (C=O) groups excluding carboxylic acids is 1. The van der Waals surface area contributed by atoms with Gasteiger partial charge in [0.2, 0.25) is 0 Å². The molecule has 0 radical (unpaired) electrons. The Kier molecular flexibility index (Phi) is 0.993. The number of fused-ring (bicyclic) bond motifs is 1. The Balaban J connectivity index is 2.11. The molecule has 0 spiro atoms.